The van der Waals surface area contributed by atoms with Crippen molar-refractivity contribution >= 4 is 5.97 Å². The number of nitrogens with one attached hydrogen (secondary N) is 1. The molecule has 0 radical (unpaired) electrons. The Kier molecular flexibility index (Phi) is 3.70. The molecule has 0 atom stereocenters. The molecular formula is C9H8F3NO3. The highest BCUT2D eigenvalue weighted by molar-refractivity contribution is 5.87. The Balaban J connectivity index is 3.21. The smallest absolute Gasteiger partial charge is 0.357 e. The molecule has 88 valence electrons. The zero-order valence-electron chi connectivity index (χ0n) is 8.22. The van der Waals surface area contributed by atoms with Gasteiger partial charge in [0.15, 0.2) is 11.5 Å². The van der Waals surface area contributed by atoms with Gasteiger partial charge in [0.25, 0.3) is 12.0 Å². The summed E-state index contributed by atoms with van der Waals surface area (Å²) in [5.41, 5.74) is -2.98. The number of ether oxygens (including phenoxy) is 1. The summed E-state index contributed by atoms with van der Waals surface area (Å²) in [4.78, 5) is 23.8. The van der Waals surface area contributed by atoms with Crippen molar-refractivity contribution in [3.8, 4) is 0 Å². The Labute approximate surface area is 88.0 Å². The summed E-state index contributed by atoms with van der Waals surface area (Å²) in [7, 11) is 0. The summed E-state index contributed by atoms with van der Waals surface area (Å²) in [5, 5.41) is 0. The number of H-pyrrole nitrogens is 1. The number of aromatic nitrogens is 1. The average molecular weight is 235 g/mol. The topological polar surface area (TPSA) is 59.2 Å². The lowest BCUT2D eigenvalue weighted by atomic mass is 10.2. The maximum Gasteiger partial charge on any atom is 0.357 e. The molecule has 0 aliphatic rings. The summed E-state index contributed by atoms with van der Waals surface area (Å²) in [6.07, 6.45) is -3.10. The van der Waals surface area contributed by atoms with Crippen molar-refractivity contribution in [2.75, 3.05) is 6.61 Å². The van der Waals surface area contributed by atoms with Crippen LogP contribution in [-0.2, 0) is 4.74 Å². The second-order valence-electron chi connectivity index (χ2n) is 2.80. The van der Waals surface area contributed by atoms with Crippen LogP contribution in [-0.4, -0.2) is 17.6 Å². The summed E-state index contributed by atoms with van der Waals surface area (Å²) in [5.74, 6) is -2.34. The molecule has 0 bridgehead atoms. The van der Waals surface area contributed by atoms with E-state index in [0.717, 1.165) is 0 Å². The highest BCUT2D eigenvalue weighted by atomic mass is 19.3. The maximum absolute atomic E-state index is 13.2. The Morgan fingerprint density at radius 1 is 1.56 bits per heavy atom. The molecule has 0 fully saturated rings. The minimum Gasteiger partial charge on any atom is -0.461 e. The molecule has 0 amide bonds. The Hall–Kier alpha value is -1.79. The maximum atomic E-state index is 13.2. The van der Waals surface area contributed by atoms with E-state index in [2.05, 4.69) is 4.74 Å². The highest BCUT2D eigenvalue weighted by Gasteiger charge is 2.20. The molecule has 0 saturated heterocycles. The first kappa shape index (κ1) is 12.3. The third-order valence-corrected chi connectivity index (χ3v) is 1.74. The molecule has 4 nitrogen and oxygen atoms in total. The zero-order valence-corrected chi connectivity index (χ0v) is 8.22. The molecule has 0 saturated carbocycles. The number of aromatic amines is 1. The number of carbonyl (C=O) groups excluding carboxylic acids is 1. The first-order valence-electron chi connectivity index (χ1n) is 4.35. The molecule has 1 aromatic rings. The van der Waals surface area contributed by atoms with Crippen molar-refractivity contribution in [2.45, 2.75) is 13.3 Å². The van der Waals surface area contributed by atoms with Gasteiger partial charge in [-0.2, -0.15) is 0 Å². The third-order valence-electron chi connectivity index (χ3n) is 1.74. The van der Waals surface area contributed by atoms with E-state index in [0.29, 0.717) is 6.07 Å². The Bertz CT molecular complexity index is 456. The van der Waals surface area contributed by atoms with E-state index in [1.54, 1.807) is 4.98 Å². The normalized spacial score (nSPS) is 10.6. The molecule has 1 aromatic heterocycles. The second-order valence-corrected chi connectivity index (χ2v) is 2.80. The SMILES string of the molecule is CCOC(=O)c1[nH]c(=O)c(C(F)F)cc1F. The number of halogens is 3. The molecule has 0 aliphatic carbocycles. The molecule has 0 aliphatic heterocycles. The quantitative estimate of drug-likeness (QED) is 0.810. The van der Waals surface area contributed by atoms with Gasteiger partial charge in [0, 0.05) is 0 Å². The molecule has 1 heterocycles. The second kappa shape index (κ2) is 4.82. The molecule has 16 heavy (non-hydrogen) atoms. The average Bonchev–Trinajstić information content (AvgIpc) is 2.20. The summed E-state index contributed by atoms with van der Waals surface area (Å²) in [6.45, 7) is 1.47. The van der Waals surface area contributed by atoms with Crippen molar-refractivity contribution in [2.24, 2.45) is 0 Å². The van der Waals surface area contributed by atoms with E-state index in [1.807, 2.05) is 0 Å². The molecule has 0 aromatic carbocycles. The summed E-state index contributed by atoms with van der Waals surface area (Å²) < 4.78 is 42.0. The van der Waals surface area contributed by atoms with Crippen LogP contribution in [0.1, 0.15) is 29.4 Å². The van der Waals surface area contributed by atoms with Crippen LogP contribution in [0.5, 0.6) is 0 Å². The van der Waals surface area contributed by atoms with Crippen LogP contribution >= 0.6 is 0 Å². The van der Waals surface area contributed by atoms with Gasteiger partial charge in [-0.3, -0.25) is 4.79 Å². The molecular weight excluding hydrogens is 227 g/mol. The van der Waals surface area contributed by atoms with Crippen LogP contribution < -0.4 is 5.56 Å². The minimum absolute atomic E-state index is 0.0170. The van der Waals surface area contributed by atoms with Gasteiger partial charge in [-0.15, -0.1) is 0 Å². The van der Waals surface area contributed by atoms with E-state index in [-0.39, 0.29) is 6.61 Å². The van der Waals surface area contributed by atoms with Crippen LogP contribution in [0.3, 0.4) is 0 Å². The van der Waals surface area contributed by atoms with Crippen LogP contribution in [0.4, 0.5) is 13.2 Å². The molecule has 1 rings (SSSR count). The first-order valence-corrected chi connectivity index (χ1v) is 4.35. The third kappa shape index (κ3) is 2.41. The standard InChI is InChI=1S/C9H8F3NO3/c1-2-16-9(15)6-5(10)3-4(7(11)12)8(14)13-6/h3,7H,2H2,1H3,(H,13,14). The lowest BCUT2D eigenvalue weighted by Crippen LogP contribution is -2.20. The Morgan fingerprint density at radius 3 is 2.69 bits per heavy atom. The fourth-order valence-electron chi connectivity index (χ4n) is 1.03. The highest BCUT2D eigenvalue weighted by Crippen LogP contribution is 2.16. The monoisotopic (exact) mass is 235 g/mol. The van der Waals surface area contributed by atoms with E-state index in [9.17, 15) is 22.8 Å². The molecule has 7 heteroatoms. The van der Waals surface area contributed by atoms with E-state index < -0.39 is 35.0 Å². The van der Waals surface area contributed by atoms with Crippen LogP contribution in [0.2, 0.25) is 0 Å². The number of carbonyl (C=O) groups is 1. The fraction of sp³-hybridized carbons (Fsp3) is 0.333. The van der Waals surface area contributed by atoms with Gasteiger partial charge in [-0.25, -0.2) is 18.0 Å². The number of esters is 1. The van der Waals surface area contributed by atoms with Crippen molar-refractivity contribution in [3.63, 3.8) is 0 Å². The van der Waals surface area contributed by atoms with Gasteiger partial charge in [0.05, 0.1) is 12.2 Å². The minimum atomic E-state index is -3.10. The lowest BCUT2D eigenvalue weighted by molar-refractivity contribution is 0.0512. The van der Waals surface area contributed by atoms with Crippen molar-refractivity contribution < 1.29 is 22.7 Å². The number of pyridine rings is 1. The largest absolute Gasteiger partial charge is 0.461 e. The van der Waals surface area contributed by atoms with Gasteiger partial charge in [-0.05, 0) is 13.0 Å². The van der Waals surface area contributed by atoms with E-state index >= 15 is 0 Å². The van der Waals surface area contributed by atoms with E-state index in [4.69, 9.17) is 0 Å². The number of rotatable bonds is 3. The fourth-order valence-corrected chi connectivity index (χ4v) is 1.03. The van der Waals surface area contributed by atoms with Crippen molar-refractivity contribution in [3.05, 3.63) is 33.5 Å². The van der Waals surface area contributed by atoms with Crippen LogP contribution in [0, 0.1) is 5.82 Å². The van der Waals surface area contributed by atoms with Gasteiger partial charge in [-0.1, -0.05) is 0 Å². The molecule has 0 unspecified atom stereocenters. The van der Waals surface area contributed by atoms with Gasteiger partial charge in [0.1, 0.15) is 0 Å². The molecule has 1 N–H and O–H groups in total. The van der Waals surface area contributed by atoms with Crippen molar-refractivity contribution in [1.29, 1.82) is 0 Å². The predicted octanol–water partition coefficient (Wildman–Crippen LogP) is 1.63. The van der Waals surface area contributed by atoms with Gasteiger partial charge >= 0.3 is 5.97 Å². The summed E-state index contributed by atoms with van der Waals surface area (Å²) >= 11 is 0. The lowest BCUT2D eigenvalue weighted by Gasteiger charge is -2.04. The number of hydrogen-bond acceptors (Lipinski definition) is 3. The van der Waals surface area contributed by atoms with Gasteiger partial charge < -0.3 is 9.72 Å². The van der Waals surface area contributed by atoms with Crippen molar-refractivity contribution in [1.82, 2.24) is 4.98 Å². The van der Waals surface area contributed by atoms with Gasteiger partial charge in [0.2, 0.25) is 0 Å². The van der Waals surface area contributed by atoms with Crippen LogP contribution in [0.25, 0.3) is 0 Å². The number of hydrogen-bond donors (Lipinski definition) is 1. The molecule has 0 spiro atoms. The predicted molar refractivity (Wildman–Crippen MR) is 47.9 cm³/mol. The first-order chi connectivity index (χ1) is 7.47. The zero-order chi connectivity index (χ0) is 12.3. The summed E-state index contributed by atoms with van der Waals surface area (Å²) in [6, 6.07) is 0.329. The van der Waals surface area contributed by atoms with Crippen LogP contribution in [0.15, 0.2) is 10.9 Å². The van der Waals surface area contributed by atoms with E-state index in [1.165, 1.54) is 6.92 Å². The Morgan fingerprint density at radius 2 is 2.19 bits per heavy atom. The number of alkyl halides is 2.